The molecule has 0 aromatic carbocycles. The Morgan fingerprint density at radius 3 is 3.00 bits per heavy atom. The first-order chi connectivity index (χ1) is 4.34. The first kappa shape index (κ1) is 7.79. The Morgan fingerprint density at radius 2 is 2.56 bits per heavy atom. The number of hydrogen-bond donors (Lipinski definition) is 0. The predicted octanol–water partition coefficient (Wildman–Crippen LogP) is 2.38. The molecule has 54 valence electrons. The number of halogens is 1. The summed E-state index contributed by atoms with van der Waals surface area (Å²) in [7, 11) is 0. The second-order valence-corrected chi connectivity index (χ2v) is 4.08. The summed E-state index contributed by atoms with van der Waals surface area (Å²) < 4.78 is 6.24. The third-order valence-electron chi connectivity index (χ3n) is 1.76. The summed E-state index contributed by atoms with van der Waals surface area (Å²) >= 11 is 2.48. The van der Waals surface area contributed by atoms with E-state index in [1.807, 2.05) is 0 Å². The van der Waals surface area contributed by atoms with Crippen LogP contribution in [0.3, 0.4) is 0 Å². The van der Waals surface area contributed by atoms with E-state index in [0.29, 0.717) is 6.10 Å². The Balaban J connectivity index is 2.24. The summed E-state index contributed by atoms with van der Waals surface area (Å²) in [5.74, 6) is 0. The Labute approximate surface area is 70.3 Å². The van der Waals surface area contributed by atoms with Gasteiger partial charge in [0.25, 0.3) is 0 Å². The van der Waals surface area contributed by atoms with Crippen molar-refractivity contribution in [3.63, 3.8) is 0 Å². The summed E-state index contributed by atoms with van der Waals surface area (Å²) in [5.41, 5.74) is 0. The molecule has 1 rings (SSSR count). The predicted molar refractivity (Wildman–Crippen MR) is 47.1 cm³/mol. The van der Waals surface area contributed by atoms with Crippen LogP contribution >= 0.6 is 22.6 Å². The molecule has 0 aromatic rings. The minimum atomic E-state index is 0.565. The molecule has 0 spiro atoms. The fraction of sp³-hybridized carbons (Fsp3) is 1.00. The van der Waals surface area contributed by atoms with Crippen molar-refractivity contribution in [1.82, 2.24) is 0 Å². The quantitative estimate of drug-likeness (QED) is 0.532. The molecule has 1 saturated heterocycles. The van der Waals surface area contributed by atoms with Crippen molar-refractivity contribution in [2.45, 2.75) is 36.2 Å². The van der Waals surface area contributed by atoms with Crippen LogP contribution in [0, 0.1) is 0 Å². The zero-order valence-corrected chi connectivity index (χ0v) is 7.93. The molecular formula is C7H13IO. The molecule has 0 aromatic heterocycles. The first-order valence-electron chi connectivity index (χ1n) is 3.60. The van der Waals surface area contributed by atoms with Gasteiger partial charge in [0.2, 0.25) is 0 Å². The summed E-state index contributed by atoms with van der Waals surface area (Å²) in [6, 6.07) is 0. The van der Waals surface area contributed by atoms with Gasteiger partial charge in [-0.15, -0.1) is 0 Å². The van der Waals surface area contributed by atoms with Crippen LogP contribution in [-0.2, 0) is 4.74 Å². The third kappa shape index (κ3) is 2.08. The van der Waals surface area contributed by atoms with Crippen LogP contribution < -0.4 is 0 Å². The van der Waals surface area contributed by atoms with E-state index < -0.39 is 0 Å². The second-order valence-electron chi connectivity index (χ2n) is 2.48. The number of hydrogen-bond acceptors (Lipinski definition) is 1. The van der Waals surface area contributed by atoms with Crippen molar-refractivity contribution in [1.29, 1.82) is 0 Å². The Kier molecular flexibility index (Phi) is 3.26. The molecule has 1 aliphatic heterocycles. The van der Waals surface area contributed by atoms with E-state index >= 15 is 0 Å². The van der Waals surface area contributed by atoms with Gasteiger partial charge >= 0.3 is 0 Å². The zero-order valence-electron chi connectivity index (χ0n) is 5.77. The maximum Gasteiger partial charge on any atom is 0.0693 e. The van der Waals surface area contributed by atoms with E-state index in [1.54, 1.807) is 0 Å². The highest BCUT2D eigenvalue weighted by atomic mass is 127. The highest BCUT2D eigenvalue weighted by Crippen LogP contribution is 2.22. The zero-order chi connectivity index (χ0) is 6.69. The maximum atomic E-state index is 5.50. The lowest BCUT2D eigenvalue weighted by atomic mass is 10.1. The van der Waals surface area contributed by atoms with Crippen molar-refractivity contribution in [2.75, 3.05) is 6.61 Å². The monoisotopic (exact) mass is 240 g/mol. The molecule has 1 nitrogen and oxygen atoms in total. The second kappa shape index (κ2) is 3.76. The maximum absolute atomic E-state index is 5.50. The van der Waals surface area contributed by atoms with E-state index in [-0.39, 0.29) is 0 Å². The molecule has 1 fully saturated rings. The van der Waals surface area contributed by atoms with Crippen LogP contribution in [0.1, 0.15) is 26.2 Å². The van der Waals surface area contributed by atoms with Gasteiger partial charge in [-0.3, -0.25) is 0 Å². The van der Waals surface area contributed by atoms with Crippen LogP contribution in [0.4, 0.5) is 0 Å². The van der Waals surface area contributed by atoms with Gasteiger partial charge in [-0.1, -0.05) is 29.5 Å². The summed E-state index contributed by atoms with van der Waals surface area (Å²) in [6.07, 6.45) is 4.35. The fourth-order valence-electron chi connectivity index (χ4n) is 1.15. The van der Waals surface area contributed by atoms with E-state index in [4.69, 9.17) is 4.74 Å². The van der Waals surface area contributed by atoms with Crippen LogP contribution in [0.2, 0.25) is 0 Å². The number of rotatable bonds is 2. The molecule has 1 aliphatic rings. The number of ether oxygens (including phenoxy) is 1. The number of alkyl halides is 1. The van der Waals surface area contributed by atoms with Gasteiger partial charge in [-0.05, 0) is 19.3 Å². The molecule has 0 N–H and O–H groups in total. The minimum Gasteiger partial charge on any atom is -0.377 e. The van der Waals surface area contributed by atoms with Crippen LogP contribution in [0.5, 0.6) is 0 Å². The average Bonchev–Trinajstić information content (AvgIpc) is 2.37. The van der Waals surface area contributed by atoms with Gasteiger partial charge in [0, 0.05) is 10.5 Å². The molecule has 0 saturated carbocycles. The lowest BCUT2D eigenvalue weighted by molar-refractivity contribution is 0.111. The third-order valence-corrected chi connectivity index (χ3v) is 3.44. The first-order valence-corrected chi connectivity index (χ1v) is 4.85. The van der Waals surface area contributed by atoms with E-state index in [2.05, 4.69) is 29.5 Å². The molecular weight excluding hydrogens is 227 g/mol. The largest absolute Gasteiger partial charge is 0.377 e. The molecule has 0 amide bonds. The summed E-state index contributed by atoms with van der Waals surface area (Å²) in [5, 5.41) is 0. The SMILES string of the molecule is CCC(I)[C@@H]1CCCO1. The highest BCUT2D eigenvalue weighted by molar-refractivity contribution is 14.1. The van der Waals surface area contributed by atoms with E-state index in [1.165, 1.54) is 19.3 Å². The Morgan fingerprint density at radius 1 is 1.78 bits per heavy atom. The lowest BCUT2D eigenvalue weighted by Crippen LogP contribution is -2.17. The van der Waals surface area contributed by atoms with Crippen molar-refractivity contribution in [3.8, 4) is 0 Å². The van der Waals surface area contributed by atoms with Gasteiger partial charge in [-0.2, -0.15) is 0 Å². The molecule has 2 atom stereocenters. The van der Waals surface area contributed by atoms with Crippen molar-refractivity contribution < 1.29 is 4.74 Å². The Bertz CT molecular complexity index is 79.0. The average molecular weight is 240 g/mol. The van der Waals surface area contributed by atoms with Gasteiger partial charge in [0.1, 0.15) is 0 Å². The van der Waals surface area contributed by atoms with Crippen molar-refractivity contribution in [3.05, 3.63) is 0 Å². The highest BCUT2D eigenvalue weighted by Gasteiger charge is 2.21. The van der Waals surface area contributed by atoms with Gasteiger partial charge in [0.05, 0.1) is 6.10 Å². The summed E-state index contributed by atoms with van der Waals surface area (Å²) in [6.45, 7) is 3.21. The molecule has 2 heteroatoms. The molecule has 0 bridgehead atoms. The Hall–Kier alpha value is 0.690. The van der Waals surface area contributed by atoms with Crippen molar-refractivity contribution >= 4 is 22.6 Å². The van der Waals surface area contributed by atoms with Crippen LogP contribution in [0.15, 0.2) is 0 Å². The lowest BCUT2D eigenvalue weighted by Gasteiger charge is -2.13. The van der Waals surface area contributed by atoms with Gasteiger partial charge in [-0.25, -0.2) is 0 Å². The van der Waals surface area contributed by atoms with Crippen LogP contribution in [0.25, 0.3) is 0 Å². The molecule has 1 unspecified atom stereocenters. The normalized spacial score (nSPS) is 30.7. The summed E-state index contributed by atoms with van der Waals surface area (Å²) in [4.78, 5) is 0. The van der Waals surface area contributed by atoms with Crippen molar-refractivity contribution in [2.24, 2.45) is 0 Å². The van der Waals surface area contributed by atoms with E-state index in [0.717, 1.165) is 10.5 Å². The fourth-order valence-corrected chi connectivity index (χ4v) is 1.72. The standard InChI is InChI=1S/C7H13IO/c1-2-6(8)7-4-3-5-9-7/h6-7H,2-5H2,1H3/t6?,7-/m0/s1. The smallest absolute Gasteiger partial charge is 0.0693 e. The minimum absolute atomic E-state index is 0.565. The molecule has 1 heterocycles. The molecule has 9 heavy (non-hydrogen) atoms. The topological polar surface area (TPSA) is 9.23 Å². The van der Waals surface area contributed by atoms with E-state index in [9.17, 15) is 0 Å². The van der Waals surface area contributed by atoms with Crippen LogP contribution in [-0.4, -0.2) is 16.6 Å². The molecule has 0 aliphatic carbocycles. The molecule has 0 radical (unpaired) electrons. The van der Waals surface area contributed by atoms with Gasteiger partial charge < -0.3 is 4.74 Å². The van der Waals surface area contributed by atoms with Gasteiger partial charge in [0.15, 0.2) is 0 Å².